The van der Waals surface area contributed by atoms with Gasteiger partial charge in [-0.3, -0.25) is 0 Å². The summed E-state index contributed by atoms with van der Waals surface area (Å²) in [6.07, 6.45) is 4.09. The first-order chi connectivity index (χ1) is 4.86. The summed E-state index contributed by atoms with van der Waals surface area (Å²) < 4.78 is 0. The van der Waals surface area contributed by atoms with Gasteiger partial charge in [-0.15, -0.1) is 0 Å². The third-order valence-electron chi connectivity index (χ3n) is 2.92. The maximum absolute atomic E-state index is 3.54. The maximum atomic E-state index is 3.54. The SMILES string of the molecule is CN1CCC2CC1CCN2. The second-order valence-electron chi connectivity index (χ2n) is 3.60. The number of likely N-dealkylation sites (tertiary alicyclic amines) is 1. The van der Waals surface area contributed by atoms with Gasteiger partial charge >= 0.3 is 0 Å². The topological polar surface area (TPSA) is 15.3 Å². The van der Waals surface area contributed by atoms with Crippen LogP contribution in [-0.4, -0.2) is 37.1 Å². The summed E-state index contributed by atoms with van der Waals surface area (Å²) in [6.45, 7) is 2.53. The second-order valence-corrected chi connectivity index (χ2v) is 3.60. The van der Waals surface area contributed by atoms with Crippen LogP contribution in [-0.2, 0) is 0 Å². The summed E-state index contributed by atoms with van der Waals surface area (Å²) in [5.74, 6) is 0. The van der Waals surface area contributed by atoms with Crippen LogP contribution in [0.5, 0.6) is 0 Å². The lowest BCUT2D eigenvalue weighted by molar-refractivity contribution is 0.120. The second kappa shape index (κ2) is 2.51. The average molecular weight is 140 g/mol. The number of piperidine rings is 2. The van der Waals surface area contributed by atoms with E-state index in [0.29, 0.717) is 0 Å². The van der Waals surface area contributed by atoms with E-state index in [1.165, 1.54) is 32.4 Å². The fourth-order valence-electron chi connectivity index (χ4n) is 2.15. The monoisotopic (exact) mass is 140 g/mol. The van der Waals surface area contributed by atoms with Crippen molar-refractivity contribution in [2.75, 3.05) is 20.1 Å². The van der Waals surface area contributed by atoms with Crippen molar-refractivity contribution in [1.29, 1.82) is 0 Å². The Kier molecular flexibility index (Phi) is 1.66. The van der Waals surface area contributed by atoms with Crippen molar-refractivity contribution in [2.45, 2.75) is 31.3 Å². The molecule has 2 unspecified atom stereocenters. The van der Waals surface area contributed by atoms with E-state index >= 15 is 0 Å². The molecule has 0 aromatic rings. The highest BCUT2D eigenvalue weighted by molar-refractivity contribution is 4.88. The van der Waals surface area contributed by atoms with Crippen LogP contribution in [0.2, 0.25) is 0 Å². The highest BCUT2D eigenvalue weighted by Crippen LogP contribution is 2.21. The van der Waals surface area contributed by atoms with Gasteiger partial charge in [0.1, 0.15) is 0 Å². The predicted molar refractivity (Wildman–Crippen MR) is 42.1 cm³/mol. The Bertz CT molecular complexity index is 122. The van der Waals surface area contributed by atoms with Gasteiger partial charge in [-0.25, -0.2) is 0 Å². The molecule has 0 aliphatic carbocycles. The maximum Gasteiger partial charge on any atom is 0.0119 e. The molecule has 58 valence electrons. The van der Waals surface area contributed by atoms with Crippen molar-refractivity contribution >= 4 is 0 Å². The van der Waals surface area contributed by atoms with Crippen molar-refractivity contribution in [3.63, 3.8) is 0 Å². The molecule has 1 N–H and O–H groups in total. The van der Waals surface area contributed by atoms with Crippen LogP contribution < -0.4 is 5.32 Å². The Labute approximate surface area is 62.6 Å². The highest BCUT2D eigenvalue weighted by atomic mass is 15.2. The first-order valence-electron chi connectivity index (χ1n) is 4.30. The molecule has 2 saturated heterocycles. The molecule has 2 fully saturated rings. The zero-order valence-electron chi connectivity index (χ0n) is 6.64. The van der Waals surface area contributed by atoms with Gasteiger partial charge in [0, 0.05) is 12.1 Å². The molecule has 0 spiro atoms. The molecule has 10 heavy (non-hydrogen) atoms. The van der Waals surface area contributed by atoms with Gasteiger partial charge in [-0.05, 0) is 39.4 Å². The van der Waals surface area contributed by atoms with Crippen LogP contribution in [0, 0.1) is 0 Å². The minimum atomic E-state index is 0.843. The third-order valence-corrected chi connectivity index (χ3v) is 2.92. The lowest BCUT2D eigenvalue weighted by Gasteiger charge is -2.41. The predicted octanol–water partition coefficient (Wildman–Crippen LogP) is 0.443. The lowest BCUT2D eigenvalue weighted by atomic mass is 9.92. The van der Waals surface area contributed by atoms with Crippen LogP contribution in [0.25, 0.3) is 0 Å². The Hall–Kier alpha value is -0.0800. The van der Waals surface area contributed by atoms with Crippen molar-refractivity contribution in [3.05, 3.63) is 0 Å². The number of rotatable bonds is 0. The smallest absolute Gasteiger partial charge is 0.0119 e. The molecule has 2 nitrogen and oxygen atoms in total. The fraction of sp³-hybridized carbons (Fsp3) is 1.00. The molecule has 2 heteroatoms. The number of fused-ring (bicyclic) bond motifs is 2. The summed E-state index contributed by atoms with van der Waals surface area (Å²) in [6, 6.07) is 1.73. The molecule has 0 radical (unpaired) electrons. The molecule has 0 aromatic carbocycles. The normalized spacial score (nSPS) is 41.7. The van der Waals surface area contributed by atoms with Gasteiger partial charge < -0.3 is 10.2 Å². The van der Waals surface area contributed by atoms with Crippen molar-refractivity contribution in [3.8, 4) is 0 Å². The van der Waals surface area contributed by atoms with Crippen LogP contribution in [0.1, 0.15) is 19.3 Å². The van der Waals surface area contributed by atoms with Crippen molar-refractivity contribution in [2.24, 2.45) is 0 Å². The summed E-state index contributed by atoms with van der Waals surface area (Å²) >= 11 is 0. The van der Waals surface area contributed by atoms with E-state index in [0.717, 1.165) is 12.1 Å². The summed E-state index contributed by atoms with van der Waals surface area (Å²) in [5.41, 5.74) is 0. The van der Waals surface area contributed by atoms with Gasteiger partial charge in [0.25, 0.3) is 0 Å². The molecule has 0 amide bonds. The number of nitrogens with one attached hydrogen (secondary N) is 1. The third kappa shape index (κ3) is 1.06. The van der Waals surface area contributed by atoms with Gasteiger partial charge in [0.15, 0.2) is 0 Å². The quantitative estimate of drug-likeness (QED) is 0.525. The van der Waals surface area contributed by atoms with E-state index in [9.17, 15) is 0 Å². The Balaban J connectivity index is 2.00. The minimum absolute atomic E-state index is 0.843. The number of nitrogens with zero attached hydrogens (tertiary/aromatic N) is 1. The van der Waals surface area contributed by atoms with E-state index in [-0.39, 0.29) is 0 Å². The number of hydrogen-bond acceptors (Lipinski definition) is 2. The summed E-state index contributed by atoms with van der Waals surface area (Å²) in [5, 5.41) is 3.54. The van der Waals surface area contributed by atoms with Gasteiger partial charge in [0.05, 0.1) is 0 Å². The molecule has 2 aliphatic heterocycles. The first kappa shape index (κ1) is 6.62. The minimum Gasteiger partial charge on any atom is -0.314 e. The van der Waals surface area contributed by atoms with E-state index in [2.05, 4.69) is 17.3 Å². The fourth-order valence-corrected chi connectivity index (χ4v) is 2.15. The zero-order valence-corrected chi connectivity index (χ0v) is 6.64. The Morgan fingerprint density at radius 1 is 1.40 bits per heavy atom. The van der Waals surface area contributed by atoms with Gasteiger partial charge in [0.2, 0.25) is 0 Å². The van der Waals surface area contributed by atoms with Crippen molar-refractivity contribution < 1.29 is 0 Å². The molecule has 2 heterocycles. The molecule has 2 aliphatic rings. The molecule has 2 atom stereocenters. The highest BCUT2D eigenvalue weighted by Gasteiger charge is 2.28. The van der Waals surface area contributed by atoms with Crippen LogP contribution in [0.15, 0.2) is 0 Å². The largest absolute Gasteiger partial charge is 0.314 e. The zero-order chi connectivity index (χ0) is 6.97. The van der Waals surface area contributed by atoms with Crippen molar-refractivity contribution in [1.82, 2.24) is 10.2 Å². The first-order valence-corrected chi connectivity index (χ1v) is 4.30. The molecule has 0 aromatic heterocycles. The standard InChI is InChI=1S/C8H16N2/c1-10-5-3-7-6-8(10)2-4-9-7/h7-9H,2-6H2,1H3. The summed E-state index contributed by atoms with van der Waals surface area (Å²) in [7, 11) is 2.26. The molecule has 2 rings (SSSR count). The Morgan fingerprint density at radius 2 is 2.30 bits per heavy atom. The number of hydrogen-bond donors (Lipinski definition) is 1. The van der Waals surface area contributed by atoms with Gasteiger partial charge in [-0.2, -0.15) is 0 Å². The van der Waals surface area contributed by atoms with E-state index in [4.69, 9.17) is 0 Å². The van der Waals surface area contributed by atoms with Crippen LogP contribution in [0.3, 0.4) is 0 Å². The molecular formula is C8H16N2. The van der Waals surface area contributed by atoms with E-state index in [1.807, 2.05) is 0 Å². The lowest BCUT2D eigenvalue weighted by Crippen LogP contribution is -2.52. The summed E-state index contributed by atoms with van der Waals surface area (Å²) in [4.78, 5) is 2.51. The molecular weight excluding hydrogens is 124 g/mol. The Morgan fingerprint density at radius 3 is 3.10 bits per heavy atom. The van der Waals surface area contributed by atoms with Gasteiger partial charge in [-0.1, -0.05) is 0 Å². The van der Waals surface area contributed by atoms with E-state index < -0.39 is 0 Å². The molecule has 0 saturated carbocycles. The van der Waals surface area contributed by atoms with E-state index in [1.54, 1.807) is 0 Å². The van der Waals surface area contributed by atoms with Crippen LogP contribution >= 0.6 is 0 Å². The van der Waals surface area contributed by atoms with Crippen LogP contribution in [0.4, 0.5) is 0 Å². The average Bonchev–Trinajstić information content (AvgIpc) is 1.99. The molecule has 2 bridgehead atoms.